The molecule has 0 bridgehead atoms. The van der Waals surface area contributed by atoms with Crippen LogP contribution in [-0.4, -0.2) is 12.4 Å². The second kappa shape index (κ2) is 6.70. The molecule has 3 aliphatic rings. The number of nitrogens with zero attached hydrogens (tertiary/aromatic N) is 1. The summed E-state index contributed by atoms with van der Waals surface area (Å²) >= 11 is 0. The lowest BCUT2D eigenvalue weighted by Gasteiger charge is -2.39. The summed E-state index contributed by atoms with van der Waals surface area (Å²) in [5, 5.41) is 4.45. The topological polar surface area (TPSA) is 29.5 Å². The molecule has 0 N–H and O–H groups in total. The van der Waals surface area contributed by atoms with Crippen LogP contribution in [0.3, 0.4) is 0 Å². The summed E-state index contributed by atoms with van der Waals surface area (Å²) in [7, 11) is 0. The van der Waals surface area contributed by atoms with Crippen molar-refractivity contribution in [1.82, 2.24) is 0 Å². The summed E-state index contributed by atoms with van der Waals surface area (Å²) in [6.45, 7) is 0. The Bertz CT molecular complexity index is 821. The predicted molar refractivity (Wildman–Crippen MR) is 105 cm³/mol. The van der Waals surface area contributed by atoms with Crippen LogP contribution in [-0.2, 0) is 4.84 Å². The molecule has 0 radical (unpaired) electrons. The Morgan fingerprint density at radius 3 is 2.15 bits per heavy atom. The maximum atomic E-state index is 11.7. The number of benzene rings is 2. The molecule has 0 aromatic heterocycles. The monoisotopic (exact) mass is 349 g/mol. The van der Waals surface area contributed by atoms with Crippen LogP contribution in [0, 0.1) is 0 Å². The number of rotatable bonds is 4. The van der Waals surface area contributed by atoms with E-state index in [1.807, 2.05) is 11.1 Å². The number of hydrogen-bond acceptors (Lipinski definition) is 3. The van der Waals surface area contributed by atoms with Gasteiger partial charge in [0.2, 0.25) is 0 Å². The molecular weight excluding hydrogens is 322 g/mol. The highest BCUT2D eigenvalue weighted by molar-refractivity contribution is 6.18. The Hall–Kier alpha value is -1.87. The van der Waals surface area contributed by atoms with E-state index in [1.54, 1.807) is 0 Å². The third-order valence-corrected chi connectivity index (χ3v) is 6.60. The SMILES string of the molecule is O=Cc1ccc2c3c(ccc(C4CCCCC4)c13)N2OC1CCCCC1. The fraction of sp³-hybridized carbons (Fsp3) is 0.522. The highest BCUT2D eigenvalue weighted by Crippen LogP contribution is 2.52. The fourth-order valence-electron chi connectivity index (χ4n) is 5.21. The van der Waals surface area contributed by atoms with Gasteiger partial charge in [0.25, 0.3) is 0 Å². The molecule has 0 atom stereocenters. The predicted octanol–water partition coefficient (Wildman–Crippen LogP) is 6.42. The lowest BCUT2D eigenvalue weighted by molar-refractivity contribution is 0.0266. The van der Waals surface area contributed by atoms with Crippen molar-refractivity contribution in [1.29, 1.82) is 0 Å². The van der Waals surface area contributed by atoms with E-state index in [9.17, 15) is 4.79 Å². The van der Waals surface area contributed by atoms with E-state index in [2.05, 4.69) is 18.2 Å². The molecule has 0 unspecified atom stereocenters. The maximum Gasteiger partial charge on any atom is 0.150 e. The summed E-state index contributed by atoms with van der Waals surface area (Å²) in [6.07, 6.45) is 14.0. The van der Waals surface area contributed by atoms with Gasteiger partial charge in [-0.2, -0.15) is 0 Å². The lowest BCUT2D eigenvalue weighted by atomic mass is 9.80. The molecule has 3 nitrogen and oxygen atoms in total. The Labute approximate surface area is 155 Å². The molecule has 5 rings (SSSR count). The van der Waals surface area contributed by atoms with Gasteiger partial charge in [-0.3, -0.25) is 9.63 Å². The first-order valence-corrected chi connectivity index (χ1v) is 10.4. The first-order valence-electron chi connectivity index (χ1n) is 10.4. The first kappa shape index (κ1) is 16.3. The molecule has 1 heterocycles. The molecule has 2 fully saturated rings. The lowest BCUT2D eigenvalue weighted by Crippen LogP contribution is -2.32. The Morgan fingerprint density at radius 1 is 0.808 bits per heavy atom. The van der Waals surface area contributed by atoms with Crippen LogP contribution in [0.15, 0.2) is 24.3 Å². The van der Waals surface area contributed by atoms with Crippen molar-refractivity contribution in [2.24, 2.45) is 0 Å². The molecule has 2 saturated carbocycles. The zero-order valence-corrected chi connectivity index (χ0v) is 15.4. The number of aldehydes is 1. The quantitative estimate of drug-likeness (QED) is 0.597. The zero-order valence-electron chi connectivity index (χ0n) is 15.4. The number of carbonyl (C=O) groups excluding carboxylic acids is 1. The van der Waals surface area contributed by atoms with Crippen LogP contribution in [0.1, 0.15) is 86.0 Å². The molecule has 136 valence electrons. The molecule has 2 aromatic rings. The zero-order chi connectivity index (χ0) is 17.5. The van der Waals surface area contributed by atoms with Crippen LogP contribution in [0.2, 0.25) is 0 Å². The van der Waals surface area contributed by atoms with Gasteiger partial charge in [0.05, 0.1) is 17.5 Å². The molecule has 0 spiro atoms. The Morgan fingerprint density at radius 2 is 1.46 bits per heavy atom. The van der Waals surface area contributed by atoms with Gasteiger partial charge >= 0.3 is 0 Å². The maximum absolute atomic E-state index is 11.7. The third kappa shape index (κ3) is 2.56. The number of hydrogen-bond donors (Lipinski definition) is 0. The second-order valence-electron chi connectivity index (χ2n) is 8.21. The van der Waals surface area contributed by atoms with Crippen molar-refractivity contribution in [3.8, 4) is 0 Å². The second-order valence-corrected chi connectivity index (χ2v) is 8.21. The third-order valence-electron chi connectivity index (χ3n) is 6.60. The van der Waals surface area contributed by atoms with Crippen molar-refractivity contribution >= 4 is 28.4 Å². The molecule has 2 aliphatic carbocycles. The minimum absolute atomic E-state index is 0.329. The van der Waals surface area contributed by atoms with Crippen molar-refractivity contribution < 1.29 is 9.63 Å². The summed E-state index contributed by atoms with van der Waals surface area (Å²) in [5.41, 5.74) is 4.50. The fourth-order valence-corrected chi connectivity index (χ4v) is 5.21. The van der Waals surface area contributed by atoms with Gasteiger partial charge < -0.3 is 0 Å². The van der Waals surface area contributed by atoms with Gasteiger partial charge in [0, 0.05) is 16.3 Å². The van der Waals surface area contributed by atoms with Gasteiger partial charge in [0.15, 0.2) is 6.29 Å². The minimum atomic E-state index is 0.329. The van der Waals surface area contributed by atoms with Crippen LogP contribution in [0.25, 0.3) is 10.8 Å². The summed E-state index contributed by atoms with van der Waals surface area (Å²) in [6, 6.07) is 8.53. The molecule has 3 heteroatoms. The van der Waals surface area contributed by atoms with E-state index in [0.717, 1.165) is 36.1 Å². The largest absolute Gasteiger partial charge is 0.298 e. The van der Waals surface area contributed by atoms with Crippen molar-refractivity contribution in [2.75, 3.05) is 5.06 Å². The molecule has 26 heavy (non-hydrogen) atoms. The number of carbonyl (C=O) groups is 1. The summed E-state index contributed by atoms with van der Waals surface area (Å²) in [4.78, 5) is 18.1. The van der Waals surface area contributed by atoms with Crippen LogP contribution >= 0.6 is 0 Å². The average Bonchev–Trinajstić information content (AvgIpc) is 2.71. The van der Waals surface area contributed by atoms with E-state index >= 15 is 0 Å². The Kier molecular flexibility index (Phi) is 4.20. The van der Waals surface area contributed by atoms with Gasteiger partial charge in [-0.25, -0.2) is 5.06 Å². The van der Waals surface area contributed by atoms with E-state index in [0.29, 0.717) is 12.0 Å². The van der Waals surface area contributed by atoms with E-state index in [4.69, 9.17) is 4.84 Å². The van der Waals surface area contributed by atoms with Gasteiger partial charge in [0.1, 0.15) is 0 Å². The Balaban J connectivity index is 1.53. The molecule has 1 aliphatic heterocycles. The van der Waals surface area contributed by atoms with Crippen LogP contribution in [0.4, 0.5) is 11.4 Å². The highest BCUT2D eigenvalue weighted by Gasteiger charge is 2.33. The van der Waals surface area contributed by atoms with E-state index in [1.165, 1.54) is 67.7 Å². The minimum Gasteiger partial charge on any atom is -0.298 e. The standard InChI is InChI=1S/C23H27NO2/c25-15-17-11-13-20-23-21(24(20)26-18-9-5-2-6-10-18)14-12-19(22(17)23)16-7-3-1-4-8-16/h11-16,18H,1-10H2. The molecular formula is C23H27NO2. The van der Waals surface area contributed by atoms with Crippen molar-refractivity contribution in [3.63, 3.8) is 0 Å². The highest BCUT2D eigenvalue weighted by atomic mass is 16.7. The van der Waals surface area contributed by atoms with Crippen molar-refractivity contribution in [3.05, 3.63) is 35.4 Å². The normalized spacial score (nSPS) is 21.0. The molecule has 2 aromatic carbocycles. The van der Waals surface area contributed by atoms with Gasteiger partial charge in [-0.1, -0.05) is 44.6 Å². The molecule has 0 amide bonds. The summed E-state index contributed by atoms with van der Waals surface area (Å²) < 4.78 is 0. The first-order chi connectivity index (χ1) is 12.9. The smallest absolute Gasteiger partial charge is 0.150 e. The number of anilines is 2. The van der Waals surface area contributed by atoms with Crippen molar-refractivity contribution in [2.45, 2.75) is 76.2 Å². The summed E-state index contributed by atoms with van der Waals surface area (Å²) in [5.74, 6) is 0.597. The van der Waals surface area contributed by atoms with Gasteiger partial charge in [-0.15, -0.1) is 0 Å². The van der Waals surface area contributed by atoms with E-state index in [-0.39, 0.29) is 0 Å². The van der Waals surface area contributed by atoms with E-state index < -0.39 is 0 Å². The van der Waals surface area contributed by atoms with Crippen LogP contribution in [0.5, 0.6) is 0 Å². The van der Waals surface area contributed by atoms with Gasteiger partial charge in [-0.05, 0) is 55.4 Å². The average molecular weight is 349 g/mol. The van der Waals surface area contributed by atoms with Crippen LogP contribution < -0.4 is 5.06 Å². The molecule has 0 saturated heterocycles.